The molecule has 0 saturated carbocycles. The first-order chi connectivity index (χ1) is 34.8. The number of carbonyl (C=O) groups is 2. The highest BCUT2D eigenvalue weighted by atomic mass is 16.7. The highest BCUT2D eigenvalue weighted by Crippen LogP contribution is 2.42. The number of aliphatic hydroxyl groups is 4. The number of likely N-dealkylation sites (tertiary alicyclic amines) is 1. The summed E-state index contributed by atoms with van der Waals surface area (Å²) in [7, 11) is 4.94. The third kappa shape index (κ3) is 13.4. The molecule has 6 rings (SSSR count). The van der Waals surface area contributed by atoms with E-state index in [2.05, 4.69) is 20.1 Å². The lowest BCUT2D eigenvalue weighted by atomic mass is 9.74. The number of aromatic nitrogens is 3. The number of nitro benzene ring substituents is 1. The number of hydrogen-bond acceptors (Lipinski definition) is 19. The molecule has 19 atom stereocenters. The molecule has 4 aliphatic rings. The van der Waals surface area contributed by atoms with Crippen molar-refractivity contribution in [2.24, 2.45) is 23.7 Å². The summed E-state index contributed by atoms with van der Waals surface area (Å²) in [6.07, 6.45) is -5.24. The van der Waals surface area contributed by atoms with Crippen molar-refractivity contribution in [2.45, 2.75) is 211 Å². The molecular weight excluding hydrogens is 961 g/mol. The van der Waals surface area contributed by atoms with Crippen molar-refractivity contribution in [1.82, 2.24) is 24.8 Å². The molecule has 5 heterocycles. The zero-order chi connectivity index (χ0) is 54.6. The van der Waals surface area contributed by atoms with Crippen LogP contribution in [-0.2, 0) is 55.7 Å². The van der Waals surface area contributed by atoms with Crippen LogP contribution in [0.25, 0.3) is 0 Å². The van der Waals surface area contributed by atoms with Gasteiger partial charge in [0.05, 0.1) is 64.3 Å². The second kappa shape index (κ2) is 24.8. The number of ether oxygens (including phenoxy) is 7. The van der Waals surface area contributed by atoms with Crippen LogP contribution in [0.1, 0.15) is 125 Å². The summed E-state index contributed by atoms with van der Waals surface area (Å²) in [6, 6.07) is 6.34. The zero-order valence-corrected chi connectivity index (χ0v) is 45.9. The molecule has 4 saturated heterocycles. The Hall–Kier alpha value is -3.58. The Labute approximate surface area is 436 Å². The Morgan fingerprint density at radius 2 is 1.61 bits per heavy atom. The van der Waals surface area contributed by atoms with Crippen LogP contribution >= 0.6 is 0 Å². The zero-order valence-electron chi connectivity index (χ0n) is 45.9. The number of nitrogens with zero attached hydrogens (tertiary/aromatic N) is 6. The number of carbonyl (C=O) groups excluding carboxylic acids is 2. The van der Waals surface area contributed by atoms with Crippen LogP contribution in [0.3, 0.4) is 0 Å². The van der Waals surface area contributed by atoms with Crippen LogP contribution in [0.15, 0.2) is 30.5 Å². The van der Waals surface area contributed by atoms with Gasteiger partial charge in [-0.15, -0.1) is 5.10 Å². The summed E-state index contributed by atoms with van der Waals surface area (Å²) < 4.78 is 46.8. The van der Waals surface area contributed by atoms with E-state index in [-0.39, 0.29) is 42.9 Å². The van der Waals surface area contributed by atoms with E-state index >= 15 is 0 Å². The summed E-state index contributed by atoms with van der Waals surface area (Å²) in [5.41, 5.74) is -2.55. The Morgan fingerprint density at radius 1 is 0.932 bits per heavy atom. The number of piperidine rings is 1. The van der Waals surface area contributed by atoms with Crippen LogP contribution in [0.5, 0.6) is 0 Å². The molecule has 0 unspecified atom stereocenters. The minimum atomic E-state index is -2.01. The van der Waals surface area contributed by atoms with Gasteiger partial charge in [0.2, 0.25) is 0 Å². The minimum Gasteiger partial charge on any atom is -0.459 e. The van der Waals surface area contributed by atoms with Gasteiger partial charge >= 0.3 is 5.97 Å². The number of nitro groups is 1. The van der Waals surface area contributed by atoms with Crippen LogP contribution in [0.4, 0.5) is 5.69 Å². The Bertz CT molecular complexity index is 2170. The van der Waals surface area contributed by atoms with Crippen molar-refractivity contribution < 1.29 is 68.1 Å². The van der Waals surface area contributed by atoms with Gasteiger partial charge in [-0.1, -0.05) is 45.0 Å². The molecular formula is C53H86N6O15. The molecule has 4 N–H and O–H groups in total. The van der Waals surface area contributed by atoms with Gasteiger partial charge in [0.25, 0.3) is 5.69 Å². The van der Waals surface area contributed by atoms with Crippen molar-refractivity contribution in [3.8, 4) is 0 Å². The number of hydrogen-bond donors (Lipinski definition) is 4. The second-order valence-electron chi connectivity index (χ2n) is 22.5. The van der Waals surface area contributed by atoms with E-state index in [0.29, 0.717) is 25.9 Å². The number of rotatable bonds is 15. The molecule has 0 bridgehead atoms. The summed E-state index contributed by atoms with van der Waals surface area (Å²) >= 11 is 0. The minimum absolute atomic E-state index is 0.0608. The molecule has 0 amide bonds. The predicted octanol–water partition coefficient (Wildman–Crippen LogP) is 4.39. The summed E-state index contributed by atoms with van der Waals surface area (Å²) in [5.74, 6) is -4.76. The molecule has 2 aromatic rings. The average Bonchev–Trinajstić information content (AvgIpc) is 3.86. The van der Waals surface area contributed by atoms with Gasteiger partial charge in [-0.05, 0) is 92.8 Å². The standard InChI is InChI=1S/C53H86N6O15/c1-14-41-53(10,65)46(62)32(4)43(60)30(2)25-52(9,69-13)48(33(5)45(34(6)49(64)72-41)73-42-26-51(8,68-12)47(63)35(7)71-42)74-50-44(61)40(24-31(3)70-50)56(11)23-21-37-28-58(55-54-37)39-16-15-22-57(29-39)27-36-17-19-38(20-18-36)59(66)67/h17-20,28,30-35,39-42,44-48,50,61-63,65H,14-16,21-27,29H2,1-13H3/t30-,31-,32-,33+,34-,35+,39-,40+,41-,42+,44-,45+,46-,47+,48-,50-,51-,52-,53-/m1/s1. The second-order valence-corrected chi connectivity index (χ2v) is 22.5. The maximum Gasteiger partial charge on any atom is 0.311 e. The van der Waals surface area contributed by atoms with Gasteiger partial charge < -0.3 is 58.5 Å². The largest absolute Gasteiger partial charge is 0.459 e. The molecule has 0 aliphatic carbocycles. The van der Waals surface area contributed by atoms with Crippen LogP contribution < -0.4 is 0 Å². The van der Waals surface area contributed by atoms with Crippen LogP contribution in [0.2, 0.25) is 0 Å². The third-order valence-electron chi connectivity index (χ3n) is 16.9. The fourth-order valence-corrected chi connectivity index (χ4v) is 11.9. The topological polar surface area (TPSA) is 260 Å². The molecule has 4 fully saturated rings. The third-order valence-corrected chi connectivity index (χ3v) is 16.9. The molecule has 21 nitrogen and oxygen atoms in total. The number of ketones is 1. The quantitative estimate of drug-likeness (QED) is 0.110. The van der Waals surface area contributed by atoms with Gasteiger partial charge in [-0.3, -0.25) is 24.6 Å². The molecule has 418 valence electrons. The number of likely N-dealkylation sites (N-methyl/N-ethyl adjacent to an activating group) is 1. The fourth-order valence-electron chi connectivity index (χ4n) is 11.9. The lowest BCUT2D eigenvalue weighted by Gasteiger charge is -2.50. The van der Waals surface area contributed by atoms with Gasteiger partial charge in [-0.25, -0.2) is 4.68 Å². The lowest BCUT2D eigenvalue weighted by Crippen LogP contribution is -2.61. The van der Waals surface area contributed by atoms with E-state index in [4.69, 9.17) is 33.2 Å². The van der Waals surface area contributed by atoms with E-state index in [1.165, 1.54) is 33.3 Å². The Balaban J connectivity index is 1.24. The van der Waals surface area contributed by atoms with Gasteiger partial charge in [0.1, 0.15) is 29.7 Å². The number of benzene rings is 1. The lowest BCUT2D eigenvalue weighted by molar-refractivity contribution is -0.384. The molecule has 21 heteroatoms. The SMILES string of the molecule is CC[C@H]1OC(=O)[C@H](C)[C@@H](O[C@H]2C[C@@](C)(OC)[C@@H](O)[C@H](C)O2)[C@H](C)[C@@H](O[C@H]2O[C@H](C)C[C@H](N(C)CCc3cn([C@@H]4CCCN(Cc5ccc([N+](=O)[O-])cc5)C4)nn3)[C@H]2O)[C@](C)(OC)C[C@@H](C)C(=O)[C@@H](C)[C@@H](O)[C@]1(C)O. The van der Waals surface area contributed by atoms with E-state index in [9.17, 15) is 40.1 Å². The average molecular weight is 1050 g/mol. The summed E-state index contributed by atoms with van der Waals surface area (Å²) in [5, 5.41) is 67.1. The van der Waals surface area contributed by atoms with E-state index in [0.717, 1.165) is 37.2 Å². The highest BCUT2D eigenvalue weighted by Gasteiger charge is 2.54. The first-order valence-corrected chi connectivity index (χ1v) is 26.6. The van der Waals surface area contributed by atoms with E-state index in [1.54, 1.807) is 60.6 Å². The maximum absolute atomic E-state index is 14.5. The number of aliphatic hydroxyl groups excluding tert-OH is 3. The molecule has 4 aliphatic heterocycles. The van der Waals surface area contributed by atoms with Crippen LogP contribution in [0, 0.1) is 33.8 Å². The number of cyclic esters (lactones) is 1. The number of esters is 1. The smallest absolute Gasteiger partial charge is 0.311 e. The van der Waals surface area contributed by atoms with Crippen molar-refractivity contribution in [3.63, 3.8) is 0 Å². The van der Waals surface area contributed by atoms with Crippen LogP contribution in [-0.4, -0.2) is 187 Å². The number of Topliss-reactive ketones (excluding diaryl/α,β-unsaturated/α-hetero) is 1. The van der Waals surface area contributed by atoms with Crippen molar-refractivity contribution in [2.75, 3.05) is 40.9 Å². The molecule has 1 aromatic heterocycles. The molecule has 0 spiro atoms. The first-order valence-electron chi connectivity index (χ1n) is 26.6. The molecule has 74 heavy (non-hydrogen) atoms. The first kappa shape index (κ1) is 59.7. The van der Waals surface area contributed by atoms with Gasteiger partial charge in [0.15, 0.2) is 12.6 Å². The van der Waals surface area contributed by atoms with E-state index < -0.39 is 113 Å². The summed E-state index contributed by atoms with van der Waals surface area (Å²) in [4.78, 5) is 43.9. The Morgan fingerprint density at radius 3 is 2.24 bits per heavy atom. The Kier molecular flexibility index (Phi) is 20.0. The van der Waals surface area contributed by atoms with Gasteiger partial charge in [-0.2, -0.15) is 0 Å². The van der Waals surface area contributed by atoms with E-state index in [1.807, 2.05) is 31.8 Å². The fraction of sp³-hybridized carbons (Fsp3) is 0.811. The van der Waals surface area contributed by atoms with Gasteiger partial charge in [0, 0.05) is 88.8 Å². The highest BCUT2D eigenvalue weighted by molar-refractivity contribution is 5.83. The maximum atomic E-state index is 14.5. The monoisotopic (exact) mass is 1050 g/mol. The molecule has 0 radical (unpaired) electrons. The normalized spacial score (nSPS) is 40.4. The predicted molar refractivity (Wildman–Crippen MR) is 270 cm³/mol. The molecule has 1 aromatic carbocycles. The number of non-ortho nitro benzene ring substituents is 1. The number of methoxy groups -OCH3 is 2. The van der Waals surface area contributed by atoms with Crippen molar-refractivity contribution in [3.05, 3.63) is 51.8 Å². The van der Waals surface area contributed by atoms with Crippen molar-refractivity contribution >= 4 is 17.4 Å². The van der Waals surface area contributed by atoms with Crippen molar-refractivity contribution in [1.29, 1.82) is 0 Å². The summed E-state index contributed by atoms with van der Waals surface area (Å²) in [6.45, 7) is 19.9.